The zero-order valence-corrected chi connectivity index (χ0v) is 10.6. The molecule has 0 heterocycles. The number of rotatable bonds is 7. The van der Waals surface area contributed by atoms with Crippen molar-refractivity contribution in [2.45, 2.75) is 18.4 Å². The minimum Gasteiger partial charge on any atom is -0.481 e. The van der Waals surface area contributed by atoms with Crippen molar-refractivity contribution >= 4 is 25.7 Å². The number of aliphatic carboxylic acids is 3. The molecule has 0 aromatic heterocycles. The molecule has 12 nitrogen and oxygen atoms in total. The molecule has 0 fully saturated rings. The maximum absolute atomic E-state index is 10.3. The van der Waals surface area contributed by atoms with Crippen LogP contribution in [0.5, 0.6) is 0 Å². The third-order valence-corrected chi connectivity index (χ3v) is 1.96. The molecule has 20 heavy (non-hydrogen) atoms. The molecule has 0 rings (SSSR count). The Kier molecular flexibility index (Phi) is 8.90. The standard InChI is InChI=1S/C6H8O7.CH5O5P/c7-3(8)1-6(13,5(11)12)2-4(9)10;2-1-6-7(3,4)5/h13H,1-2H2,(H,7,8)(H,9,10)(H,11,12);2H,1H2,(H2,3,4,5). The summed E-state index contributed by atoms with van der Waals surface area (Å²) in [6.45, 7) is -0.954. The van der Waals surface area contributed by atoms with Crippen LogP contribution in [0.4, 0.5) is 0 Å². The first-order valence-corrected chi connectivity index (χ1v) is 6.07. The van der Waals surface area contributed by atoms with Crippen molar-refractivity contribution < 1.29 is 58.8 Å². The quantitative estimate of drug-likeness (QED) is 0.196. The molecule has 0 aliphatic rings. The first-order chi connectivity index (χ1) is 8.84. The summed E-state index contributed by atoms with van der Waals surface area (Å²) < 4.78 is 13.0. The lowest BCUT2D eigenvalue weighted by atomic mass is 9.96. The van der Waals surface area contributed by atoms with Gasteiger partial charge >= 0.3 is 25.7 Å². The van der Waals surface area contributed by atoms with E-state index in [0.29, 0.717) is 0 Å². The molecule has 0 aromatic carbocycles. The fraction of sp³-hybridized carbons (Fsp3) is 0.571. The van der Waals surface area contributed by atoms with Crippen LogP contribution < -0.4 is 0 Å². The summed E-state index contributed by atoms with van der Waals surface area (Å²) in [6.07, 6.45) is -2.29. The molecule has 0 aliphatic heterocycles. The van der Waals surface area contributed by atoms with E-state index >= 15 is 0 Å². The van der Waals surface area contributed by atoms with Gasteiger partial charge in [0.05, 0.1) is 12.8 Å². The lowest BCUT2D eigenvalue weighted by molar-refractivity contribution is -0.170. The summed E-state index contributed by atoms with van der Waals surface area (Å²) >= 11 is 0. The van der Waals surface area contributed by atoms with Gasteiger partial charge in [-0.15, -0.1) is 0 Å². The highest BCUT2D eigenvalue weighted by atomic mass is 31.2. The second-order valence-electron chi connectivity index (χ2n) is 3.23. The minimum absolute atomic E-state index is 0.954. The smallest absolute Gasteiger partial charge is 0.471 e. The van der Waals surface area contributed by atoms with Crippen LogP contribution in [0.2, 0.25) is 0 Å². The number of aliphatic hydroxyl groups is 2. The Morgan fingerprint density at radius 1 is 1.00 bits per heavy atom. The predicted molar refractivity (Wildman–Crippen MR) is 57.3 cm³/mol. The van der Waals surface area contributed by atoms with Gasteiger partial charge in [0.25, 0.3) is 0 Å². The lowest BCUT2D eigenvalue weighted by Crippen LogP contribution is -2.42. The van der Waals surface area contributed by atoms with Crippen LogP contribution in [0.25, 0.3) is 0 Å². The molecule has 13 heteroatoms. The molecule has 0 aliphatic carbocycles. The Hall–Kier alpha value is -1.56. The van der Waals surface area contributed by atoms with Gasteiger partial charge < -0.3 is 35.3 Å². The fourth-order valence-corrected chi connectivity index (χ4v) is 0.940. The molecular formula is C7H13O12P. The third kappa shape index (κ3) is 11.5. The van der Waals surface area contributed by atoms with E-state index in [2.05, 4.69) is 4.52 Å². The number of phosphoric acid groups is 1. The van der Waals surface area contributed by atoms with Gasteiger partial charge in [0, 0.05) is 0 Å². The number of aliphatic hydroxyl groups excluding tert-OH is 1. The Bertz CT molecular complexity index is 381. The monoisotopic (exact) mass is 320 g/mol. The maximum Gasteiger partial charge on any atom is 0.471 e. The van der Waals surface area contributed by atoms with Crippen molar-refractivity contribution in [1.29, 1.82) is 0 Å². The summed E-state index contributed by atoms with van der Waals surface area (Å²) in [4.78, 5) is 46.0. The second-order valence-corrected chi connectivity index (χ2v) is 4.47. The van der Waals surface area contributed by atoms with E-state index in [0.717, 1.165) is 0 Å². The molecule has 0 saturated carbocycles. The van der Waals surface area contributed by atoms with Crippen molar-refractivity contribution in [1.82, 2.24) is 0 Å². The molecular weight excluding hydrogens is 307 g/mol. The SMILES string of the molecule is O=C(O)CC(O)(CC(=O)O)C(=O)O.O=P(O)(O)OCO. The molecule has 0 bridgehead atoms. The van der Waals surface area contributed by atoms with Crippen LogP contribution in [0.1, 0.15) is 12.8 Å². The van der Waals surface area contributed by atoms with Gasteiger partial charge in [-0.05, 0) is 0 Å². The van der Waals surface area contributed by atoms with Gasteiger partial charge in [-0.2, -0.15) is 0 Å². The summed E-state index contributed by atoms with van der Waals surface area (Å²) in [7, 11) is -4.42. The molecule has 0 radical (unpaired) electrons. The van der Waals surface area contributed by atoms with Crippen molar-refractivity contribution in [2.75, 3.05) is 6.79 Å². The van der Waals surface area contributed by atoms with E-state index in [1.54, 1.807) is 0 Å². The van der Waals surface area contributed by atoms with E-state index in [1.807, 2.05) is 0 Å². The zero-order chi connectivity index (χ0) is 16.6. The highest BCUT2D eigenvalue weighted by molar-refractivity contribution is 7.46. The topological polar surface area (TPSA) is 219 Å². The zero-order valence-electron chi connectivity index (χ0n) is 9.74. The number of carboxylic acids is 3. The third-order valence-electron chi connectivity index (χ3n) is 1.51. The fourth-order valence-electron chi connectivity index (χ4n) is 0.789. The van der Waals surface area contributed by atoms with Gasteiger partial charge in [0.2, 0.25) is 0 Å². The molecule has 118 valence electrons. The Balaban J connectivity index is 0. The van der Waals surface area contributed by atoms with E-state index in [9.17, 15) is 18.9 Å². The average Bonchev–Trinajstić information content (AvgIpc) is 2.12. The van der Waals surface area contributed by atoms with Crippen molar-refractivity contribution in [3.8, 4) is 0 Å². The number of hydrogen-bond donors (Lipinski definition) is 7. The predicted octanol–water partition coefficient (Wildman–Crippen LogP) is -2.20. The summed E-state index contributed by atoms with van der Waals surface area (Å²) in [5.41, 5.74) is -2.74. The molecule has 0 amide bonds. The number of carboxylic acid groups (broad SMARTS) is 3. The summed E-state index contributed by atoms with van der Waals surface area (Å²) in [5, 5.41) is 41.5. The van der Waals surface area contributed by atoms with Gasteiger partial charge in [-0.1, -0.05) is 0 Å². The number of phosphoric ester groups is 1. The van der Waals surface area contributed by atoms with E-state index in [-0.39, 0.29) is 0 Å². The molecule has 0 atom stereocenters. The minimum atomic E-state index is -4.42. The highest BCUT2D eigenvalue weighted by Gasteiger charge is 2.40. The van der Waals surface area contributed by atoms with E-state index in [1.165, 1.54) is 0 Å². The van der Waals surface area contributed by atoms with Crippen LogP contribution in [0.15, 0.2) is 0 Å². The Labute approximate surface area is 111 Å². The Morgan fingerprint density at radius 2 is 1.35 bits per heavy atom. The lowest BCUT2D eigenvalue weighted by Gasteiger charge is -2.18. The van der Waals surface area contributed by atoms with Crippen LogP contribution in [-0.4, -0.2) is 65.6 Å². The molecule has 0 saturated heterocycles. The molecule has 0 spiro atoms. The van der Waals surface area contributed by atoms with Gasteiger partial charge in [-0.3, -0.25) is 14.1 Å². The van der Waals surface area contributed by atoms with Crippen molar-refractivity contribution in [3.05, 3.63) is 0 Å². The normalized spacial score (nSPS) is 11.2. The van der Waals surface area contributed by atoms with Crippen LogP contribution in [0.3, 0.4) is 0 Å². The first-order valence-electron chi connectivity index (χ1n) is 4.54. The van der Waals surface area contributed by atoms with E-state index < -0.39 is 51.0 Å². The number of carbonyl (C=O) groups is 3. The average molecular weight is 320 g/mol. The van der Waals surface area contributed by atoms with E-state index in [4.69, 9.17) is 35.3 Å². The largest absolute Gasteiger partial charge is 0.481 e. The highest BCUT2D eigenvalue weighted by Crippen LogP contribution is 2.34. The van der Waals surface area contributed by atoms with Crippen LogP contribution in [0, 0.1) is 0 Å². The summed E-state index contributed by atoms with van der Waals surface area (Å²) in [6, 6.07) is 0. The van der Waals surface area contributed by atoms with Crippen molar-refractivity contribution in [3.63, 3.8) is 0 Å². The second kappa shape index (κ2) is 8.58. The van der Waals surface area contributed by atoms with Gasteiger partial charge in [-0.25, -0.2) is 9.36 Å². The summed E-state index contributed by atoms with van der Waals surface area (Å²) in [5.74, 6) is -5.02. The first kappa shape index (κ1) is 20.8. The molecule has 0 aromatic rings. The van der Waals surface area contributed by atoms with Crippen molar-refractivity contribution in [2.24, 2.45) is 0 Å². The molecule has 0 unspecified atom stereocenters. The van der Waals surface area contributed by atoms with Crippen LogP contribution in [-0.2, 0) is 23.5 Å². The molecule has 7 N–H and O–H groups in total. The van der Waals surface area contributed by atoms with Gasteiger partial charge in [0.1, 0.15) is 0 Å². The maximum atomic E-state index is 10.3. The van der Waals surface area contributed by atoms with Crippen LogP contribution >= 0.6 is 7.82 Å². The van der Waals surface area contributed by atoms with Gasteiger partial charge in [0.15, 0.2) is 12.4 Å². The number of hydrogen-bond acceptors (Lipinski definition) is 7. The Morgan fingerprint density at radius 3 is 1.45 bits per heavy atom.